The highest BCUT2D eigenvalue weighted by Crippen LogP contribution is 2.40. The van der Waals surface area contributed by atoms with Gasteiger partial charge < -0.3 is 14.7 Å². The second kappa shape index (κ2) is 11.8. The number of rotatable bonds is 11. The zero-order valence-electron chi connectivity index (χ0n) is 22.3. The molecule has 9 heteroatoms. The van der Waals surface area contributed by atoms with Gasteiger partial charge in [-0.2, -0.15) is 4.98 Å². The molecule has 0 bridgehead atoms. The SMILES string of the molecule is CC(C)(CCC[S+]([O-])c1nc(-c2ccc(F)cc2)c(-c2ccnc(NCc3ccccc3)c2)[nH]1)[Si](C)(C)O. The van der Waals surface area contributed by atoms with Gasteiger partial charge in [0.1, 0.15) is 23.1 Å². The van der Waals surface area contributed by atoms with Gasteiger partial charge in [0, 0.05) is 35.0 Å². The molecule has 0 saturated heterocycles. The Balaban J connectivity index is 1.58. The molecule has 0 aliphatic heterocycles. The molecule has 2 aromatic carbocycles. The lowest BCUT2D eigenvalue weighted by Crippen LogP contribution is -2.39. The summed E-state index contributed by atoms with van der Waals surface area (Å²) in [6, 6.07) is 20.0. The van der Waals surface area contributed by atoms with Crippen LogP contribution in [0.1, 0.15) is 32.3 Å². The molecule has 0 spiro atoms. The van der Waals surface area contributed by atoms with E-state index in [1.54, 1.807) is 18.3 Å². The van der Waals surface area contributed by atoms with E-state index in [1.165, 1.54) is 12.1 Å². The Labute approximate surface area is 228 Å². The Morgan fingerprint density at radius 3 is 2.45 bits per heavy atom. The van der Waals surface area contributed by atoms with E-state index < -0.39 is 19.5 Å². The second-order valence-electron chi connectivity index (χ2n) is 10.6. The zero-order valence-corrected chi connectivity index (χ0v) is 24.1. The van der Waals surface area contributed by atoms with Crippen molar-refractivity contribution in [2.75, 3.05) is 11.1 Å². The molecule has 1 atom stereocenters. The lowest BCUT2D eigenvalue weighted by molar-refractivity contribution is 0.447. The third-order valence-corrected chi connectivity index (χ3v) is 12.0. The van der Waals surface area contributed by atoms with Crippen molar-refractivity contribution in [3.05, 3.63) is 84.3 Å². The van der Waals surface area contributed by atoms with E-state index in [-0.39, 0.29) is 10.9 Å². The van der Waals surface area contributed by atoms with Crippen molar-refractivity contribution >= 4 is 25.3 Å². The quantitative estimate of drug-likeness (QED) is 0.142. The van der Waals surface area contributed by atoms with E-state index in [0.717, 1.165) is 23.1 Å². The van der Waals surface area contributed by atoms with Crippen LogP contribution >= 0.6 is 0 Å². The third kappa shape index (κ3) is 6.90. The maximum atomic E-state index is 13.6. The van der Waals surface area contributed by atoms with Gasteiger partial charge >= 0.3 is 5.16 Å². The second-order valence-corrected chi connectivity index (χ2v) is 16.6. The van der Waals surface area contributed by atoms with Crippen LogP contribution in [0.5, 0.6) is 0 Å². The first-order chi connectivity index (χ1) is 18.0. The molecule has 3 N–H and O–H groups in total. The van der Waals surface area contributed by atoms with Gasteiger partial charge in [0.2, 0.25) is 0 Å². The van der Waals surface area contributed by atoms with E-state index >= 15 is 0 Å². The fourth-order valence-corrected chi connectivity index (χ4v) is 5.80. The summed E-state index contributed by atoms with van der Waals surface area (Å²) in [4.78, 5) is 23.0. The minimum absolute atomic E-state index is 0.176. The monoisotopic (exact) mass is 550 g/mol. The summed E-state index contributed by atoms with van der Waals surface area (Å²) in [7, 11) is -2.33. The number of halogens is 1. The molecule has 0 aliphatic carbocycles. The topological polar surface area (TPSA) is 96.9 Å². The predicted molar refractivity (Wildman–Crippen MR) is 155 cm³/mol. The highest BCUT2D eigenvalue weighted by atomic mass is 32.2. The average molecular weight is 551 g/mol. The van der Waals surface area contributed by atoms with Gasteiger partial charge in [-0.25, -0.2) is 9.37 Å². The third-order valence-electron chi connectivity index (χ3n) is 7.17. The van der Waals surface area contributed by atoms with Crippen LogP contribution in [-0.4, -0.2) is 38.4 Å². The van der Waals surface area contributed by atoms with E-state index in [1.807, 2.05) is 55.6 Å². The Bertz CT molecular complexity index is 1340. The largest absolute Gasteiger partial charge is 0.609 e. The summed E-state index contributed by atoms with van der Waals surface area (Å²) in [5.41, 5.74) is 4.01. The first-order valence-corrected chi connectivity index (χ1v) is 17.0. The van der Waals surface area contributed by atoms with Gasteiger partial charge in [-0.3, -0.25) is 4.98 Å². The molecule has 0 fully saturated rings. The molecule has 4 aromatic rings. The van der Waals surface area contributed by atoms with Crippen molar-refractivity contribution in [2.45, 2.75) is 56.5 Å². The van der Waals surface area contributed by atoms with E-state index in [4.69, 9.17) is 4.98 Å². The lowest BCUT2D eigenvalue weighted by atomic mass is 10.1. The predicted octanol–water partition coefficient (Wildman–Crippen LogP) is 6.76. The molecular weight excluding hydrogens is 515 g/mol. The number of nitrogens with one attached hydrogen (secondary N) is 2. The number of imidazole rings is 1. The summed E-state index contributed by atoms with van der Waals surface area (Å²) in [6.45, 7) is 8.66. The first-order valence-electron chi connectivity index (χ1n) is 12.7. The zero-order chi connectivity index (χ0) is 27.3. The Morgan fingerprint density at radius 2 is 1.76 bits per heavy atom. The number of H-pyrrole nitrogens is 1. The number of benzene rings is 2. The Hall–Kier alpha value is -2.98. The fraction of sp³-hybridized carbons (Fsp3) is 0.310. The van der Waals surface area contributed by atoms with Crippen LogP contribution in [0.15, 0.2) is 78.1 Å². The van der Waals surface area contributed by atoms with Crippen molar-refractivity contribution < 1.29 is 13.7 Å². The smallest absolute Gasteiger partial charge is 0.321 e. The van der Waals surface area contributed by atoms with Gasteiger partial charge in [0.25, 0.3) is 0 Å². The number of nitrogens with zero attached hydrogens (tertiary/aromatic N) is 2. The Kier molecular flexibility index (Phi) is 8.72. The van der Waals surface area contributed by atoms with E-state index in [0.29, 0.717) is 41.1 Å². The molecule has 0 aliphatic rings. The number of anilines is 1. The van der Waals surface area contributed by atoms with Crippen molar-refractivity contribution in [2.24, 2.45) is 0 Å². The molecule has 200 valence electrons. The van der Waals surface area contributed by atoms with Crippen LogP contribution in [0.3, 0.4) is 0 Å². The van der Waals surface area contributed by atoms with Crippen LogP contribution in [0.25, 0.3) is 22.5 Å². The maximum Gasteiger partial charge on any atom is 0.321 e. The summed E-state index contributed by atoms with van der Waals surface area (Å²) in [5, 5.41) is 3.56. The van der Waals surface area contributed by atoms with Gasteiger partial charge in [-0.15, -0.1) is 0 Å². The number of hydrogen-bond donors (Lipinski definition) is 3. The maximum absolute atomic E-state index is 13.6. The minimum Gasteiger partial charge on any atom is -0.609 e. The highest BCUT2D eigenvalue weighted by Gasteiger charge is 2.37. The lowest BCUT2D eigenvalue weighted by Gasteiger charge is -2.34. The van der Waals surface area contributed by atoms with Gasteiger partial charge in [0.15, 0.2) is 8.32 Å². The molecule has 0 radical (unpaired) electrons. The van der Waals surface area contributed by atoms with Crippen molar-refractivity contribution in [1.82, 2.24) is 15.0 Å². The van der Waals surface area contributed by atoms with E-state index in [2.05, 4.69) is 29.1 Å². The fourth-order valence-electron chi connectivity index (χ4n) is 4.00. The van der Waals surface area contributed by atoms with Crippen LogP contribution in [0.4, 0.5) is 10.2 Å². The molecule has 38 heavy (non-hydrogen) atoms. The molecule has 1 unspecified atom stereocenters. The van der Waals surface area contributed by atoms with Crippen molar-refractivity contribution in [1.29, 1.82) is 0 Å². The Morgan fingerprint density at radius 1 is 1.05 bits per heavy atom. The van der Waals surface area contributed by atoms with Gasteiger partial charge in [-0.1, -0.05) is 44.2 Å². The number of aromatic nitrogens is 3. The molecule has 2 aromatic heterocycles. The molecule has 2 heterocycles. The van der Waals surface area contributed by atoms with Crippen molar-refractivity contribution in [3.8, 4) is 22.5 Å². The summed E-state index contributed by atoms with van der Waals surface area (Å²) < 4.78 is 26.9. The molecule has 6 nitrogen and oxygen atoms in total. The first kappa shape index (κ1) is 28.0. The van der Waals surface area contributed by atoms with Gasteiger partial charge in [-0.05, 0) is 72.9 Å². The molecule has 0 saturated carbocycles. The molecule has 4 rings (SSSR count). The number of hydrogen-bond acceptors (Lipinski definition) is 5. The minimum atomic E-state index is -2.33. The standard InChI is InChI=1S/C29H35FN4O2SSi/c1-29(2,38(3,4)36)16-8-18-37(35)28-33-26(22-11-13-24(30)14-12-22)27(34-28)23-15-17-31-25(19-23)32-20-21-9-6-5-7-10-21/h5-7,9-15,17,19,36H,8,16,18,20H2,1-4H3,(H,31,32)(H,33,34). The molecular formula is C29H35FN4O2SSi. The number of pyridine rings is 1. The number of aromatic amines is 1. The summed E-state index contributed by atoms with van der Waals surface area (Å²) in [5.74, 6) is 0.805. The highest BCUT2D eigenvalue weighted by molar-refractivity contribution is 7.91. The summed E-state index contributed by atoms with van der Waals surface area (Å²) >= 11 is -1.36. The van der Waals surface area contributed by atoms with Crippen LogP contribution < -0.4 is 5.32 Å². The summed E-state index contributed by atoms with van der Waals surface area (Å²) in [6.07, 6.45) is 3.21. The molecule has 0 amide bonds. The van der Waals surface area contributed by atoms with Crippen LogP contribution in [0, 0.1) is 5.82 Å². The van der Waals surface area contributed by atoms with Crippen molar-refractivity contribution in [3.63, 3.8) is 0 Å². The van der Waals surface area contributed by atoms with E-state index in [9.17, 15) is 13.7 Å². The van der Waals surface area contributed by atoms with Crippen LogP contribution in [0.2, 0.25) is 18.1 Å². The van der Waals surface area contributed by atoms with Crippen LogP contribution in [-0.2, 0) is 17.7 Å². The average Bonchev–Trinajstić information content (AvgIpc) is 3.34. The normalized spacial score (nSPS) is 12.9. The van der Waals surface area contributed by atoms with Gasteiger partial charge in [0.05, 0.1) is 5.69 Å².